The molecule has 0 saturated heterocycles. The van der Waals surface area contributed by atoms with Gasteiger partial charge in [0.15, 0.2) is 5.65 Å². The summed E-state index contributed by atoms with van der Waals surface area (Å²) in [5.41, 5.74) is 7.77. The zero-order valence-corrected chi connectivity index (χ0v) is 19.1. The van der Waals surface area contributed by atoms with Crippen molar-refractivity contribution in [3.63, 3.8) is 0 Å². The second kappa shape index (κ2) is 8.09. The van der Waals surface area contributed by atoms with E-state index >= 15 is 0 Å². The summed E-state index contributed by atoms with van der Waals surface area (Å²) in [7, 11) is 0. The van der Waals surface area contributed by atoms with Crippen molar-refractivity contribution in [1.82, 2.24) is 35.1 Å². The second-order valence-corrected chi connectivity index (χ2v) is 8.99. The third kappa shape index (κ3) is 3.58. The summed E-state index contributed by atoms with van der Waals surface area (Å²) in [5, 5.41) is 12.4. The zero-order chi connectivity index (χ0) is 24.1. The molecular weight excluding hydrogens is 452 g/mol. The van der Waals surface area contributed by atoms with E-state index in [1.165, 1.54) is 0 Å². The first-order valence-corrected chi connectivity index (χ1v) is 11.7. The number of amides is 1. The minimum absolute atomic E-state index is 0.0547. The fraction of sp³-hybridized carbons (Fsp3) is 0.111. The molecular formula is C27H20N8O. The maximum Gasteiger partial charge on any atom is 0.227 e. The number of H-pyrrole nitrogens is 2. The maximum atomic E-state index is 12.2. The van der Waals surface area contributed by atoms with E-state index in [1.807, 2.05) is 36.7 Å². The number of aromatic nitrogens is 7. The molecule has 0 aromatic carbocycles. The number of hydrogen-bond donors (Lipinski definition) is 3. The van der Waals surface area contributed by atoms with Gasteiger partial charge in [-0.1, -0.05) is 0 Å². The molecule has 1 amide bonds. The minimum Gasteiger partial charge on any atom is -0.352 e. The van der Waals surface area contributed by atoms with Gasteiger partial charge in [0.05, 0.1) is 35.0 Å². The average molecular weight is 473 g/mol. The Morgan fingerprint density at radius 2 is 1.69 bits per heavy atom. The highest BCUT2D eigenvalue weighted by molar-refractivity contribution is 6.00. The number of carbonyl (C=O) groups is 1. The lowest BCUT2D eigenvalue weighted by Gasteiger charge is -2.07. The predicted molar refractivity (Wildman–Crippen MR) is 137 cm³/mol. The van der Waals surface area contributed by atoms with Gasteiger partial charge in [0.25, 0.3) is 0 Å². The first-order valence-electron chi connectivity index (χ1n) is 11.7. The van der Waals surface area contributed by atoms with Gasteiger partial charge in [-0.25, -0.2) is 4.98 Å². The standard InChI is InChI=1S/C27H20N8O/c36-27(16-1-2-16)32-19-7-17(10-29-12-19)18-8-21-25(34-35-26(21)31-11-18)23-9-20-22(13-30-14-24(20)33-23)15-3-5-28-6-4-15/h3-14,16,33H,1-2H2,(H,32,36)(H,31,34,35). The van der Waals surface area contributed by atoms with Gasteiger partial charge in [0.1, 0.15) is 0 Å². The van der Waals surface area contributed by atoms with Crippen LogP contribution in [0.4, 0.5) is 5.69 Å². The summed E-state index contributed by atoms with van der Waals surface area (Å²) in [6, 6.07) is 10.0. The highest BCUT2D eigenvalue weighted by atomic mass is 16.2. The van der Waals surface area contributed by atoms with Gasteiger partial charge in [-0.15, -0.1) is 0 Å². The summed E-state index contributed by atoms with van der Waals surface area (Å²) < 4.78 is 0. The maximum absolute atomic E-state index is 12.2. The Morgan fingerprint density at radius 1 is 0.861 bits per heavy atom. The Bertz CT molecular complexity index is 1750. The normalized spacial score (nSPS) is 13.3. The molecule has 6 aromatic heterocycles. The molecule has 1 fully saturated rings. The molecule has 0 atom stereocenters. The van der Waals surface area contributed by atoms with Crippen molar-refractivity contribution in [3.8, 4) is 33.6 Å². The summed E-state index contributed by atoms with van der Waals surface area (Å²) >= 11 is 0. The first-order chi connectivity index (χ1) is 17.7. The van der Waals surface area contributed by atoms with Crippen LogP contribution in [0.2, 0.25) is 0 Å². The number of aromatic amines is 2. The summed E-state index contributed by atoms with van der Waals surface area (Å²) in [6.07, 6.45) is 14.3. The van der Waals surface area contributed by atoms with Gasteiger partial charge in [-0.2, -0.15) is 5.10 Å². The number of fused-ring (bicyclic) bond motifs is 2. The lowest BCUT2D eigenvalue weighted by Crippen LogP contribution is -2.13. The van der Waals surface area contributed by atoms with Crippen LogP contribution in [0.25, 0.3) is 55.6 Å². The fourth-order valence-electron chi connectivity index (χ4n) is 4.47. The van der Waals surface area contributed by atoms with Gasteiger partial charge in [-0.05, 0) is 48.7 Å². The topological polar surface area (TPSA) is 125 Å². The molecule has 9 heteroatoms. The summed E-state index contributed by atoms with van der Waals surface area (Å²) in [6.45, 7) is 0. The van der Waals surface area contributed by atoms with Crippen molar-refractivity contribution in [2.45, 2.75) is 12.8 Å². The van der Waals surface area contributed by atoms with Crippen molar-refractivity contribution in [1.29, 1.82) is 0 Å². The van der Waals surface area contributed by atoms with Crippen LogP contribution in [-0.2, 0) is 4.79 Å². The van der Waals surface area contributed by atoms with Gasteiger partial charge >= 0.3 is 0 Å². The van der Waals surface area contributed by atoms with E-state index in [0.29, 0.717) is 11.3 Å². The van der Waals surface area contributed by atoms with E-state index in [0.717, 1.165) is 62.8 Å². The third-order valence-corrected chi connectivity index (χ3v) is 6.50. The van der Waals surface area contributed by atoms with Crippen LogP contribution < -0.4 is 5.32 Å². The number of rotatable bonds is 5. The highest BCUT2D eigenvalue weighted by Gasteiger charge is 2.29. The van der Waals surface area contributed by atoms with E-state index in [4.69, 9.17) is 0 Å². The Kier molecular flexibility index (Phi) is 4.60. The van der Waals surface area contributed by atoms with E-state index in [1.54, 1.807) is 31.0 Å². The van der Waals surface area contributed by atoms with Crippen molar-refractivity contribution in [3.05, 3.63) is 73.7 Å². The largest absolute Gasteiger partial charge is 0.352 e. The number of nitrogens with zero attached hydrogens (tertiary/aromatic N) is 5. The molecule has 6 heterocycles. The number of nitrogens with one attached hydrogen (secondary N) is 3. The molecule has 0 aliphatic heterocycles. The lowest BCUT2D eigenvalue weighted by molar-refractivity contribution is -0.117. The van der Waals surface area contributed by atoms with E-state index in [2.05, 4.69) is 46.5 Å². The van der Waals surface area contributed by atoms with Crippen LogP contribution in [0.3, 0.4) is 0 Å². The van der Waals surface area contributed by atoms with Gasteiger partial charge in [0.2, 0.25) is 5.91 Å². The monoisotopic (exact) mass is 472 g/mol. The zero-order valence-electron chi connectivity index (χ0n) is 19.1. The number of carbonyl (C=O) groups excluding carboxylic acids is 1. The average Bonchev–Trinajstić information content (AvgIpc) is 3.55. The Morgan fingerprint density at radius 3 is 2.56 bits per heavy atom. The molecule has 7 rings (SSSR count). The van der Waals surface area contributed by atoms with Crippen LogP contribution in [0.5, 0.6) is 0 Å². The molecule has 1 aliphatic rings. The molecule has 3 N–H and O–H groups in total. The van der Waals surface area contributed by atoms with Crippen molar-refractivity contribution in [2.75, 3.05) is 5.32 Å². The first kappa shape index (κ1) is 20.5. The number of anilines is 1. The van der Waals surface area contributed by atoms with E-state index in [9.17, 15) is 4.79 Å². The van der Waals surface area contributed by atoms with Crippen LogP contribution in [0, 0.1) is 5.92 Å². The number of pyridine rings is 4. The molecule has 36 heavy (non-hydrogen) atoms. The van der Waals surface area contributed by atoms with Crippen LogP contribution >= 0.6 is 0 Å². The molecule has 0 bridgehead atoms. The Labute approximate surface area is 205 Å². The Balaban J connectivity index is 1.28. The van der Waals surface area contributed by atoms with Gasteiger partial charge in [0, 0.05) is 64.4 Å². The summed E-state index contributed by atoms with van der Waals surface area (Å²) in [5.74, 6) is 0.185. The molecule has 174 valence electrons. The minimum atomic E-state index is 0.0547. The number of hydrogen-bond acceptors (Lipinski definition) is 6. The third-order valence-electron chi connectivity index (χ3n) is 6.50. The van der Waals surface area contributed by atoms with Crippen LogP contribution in [0.1, 0.15) is 12.8 Å². The fourth-order valence-corrected chi connectivity index (χ4v) is 4.47. The molecule has 1 saturated carbocycles. The predicted octanol–water partition coefficient (Wildman–Crippen LogP) is 4.97. The van der Waals surface area contributed by atoms with E-state index in [-0.39, 0.29) is 11.8 Å². The molecule has 6 aromatic rings. The Hall–Kier alpha value is -4.92. The molecule has 0 radical (unpaired) electrons. The molecule has 0 unspecified atom stereocenters. The van der Waals surface area contributed by atoms with E-state index < -0.39 is 0 Å². The van der Waals surface area contributed by atoms with Crippen molar-refractivity contribution in [2.24, 2.45) is 5.92 Å². The molecule has 9 nitrogen and oxygen atoms in total. The second-order valence-electron chi connectivity index (χ2n) is 8.99. The van der Waals surface area contributed by atoms with Gasteiger partial charge < -0.3 is 10.3 Å². The lowest BCUT2D eigenvalue weighted by atomic mass is 10.0. The quantitative estimate of drug-likeness (QED) is 0.325. The smallest absolute Gasteiger partial charge is 0.227 e. The molecule has 1 aliphatic carbocycles. The van der Waals surface area contributed by atoms with Crippen molar-refractivity contribution < 1.29 is 4.79 Å². The highest BCUT2D eigenvalue weighted by Crippen LogP contribution is 2.34. The SMILES string of the molecule is O=C(Nc1cncc(-c2cnc3n[nH]c(-c4cc5c(-c6ccncc6)cncc5[nH]4)c3c2)c1)C1CC1. The van der Waals surface area contributed by atoms with Crippen LogP contribution in [0.15, 0.2) is 73.7 Å². The van der Waals surface area contributed by atoms with Crippen LogP contribution in [-0.4, -0.2) is 41.0 Å². The summed E-state index contributed by atoms with van der Waals surface area (Å²) in [4.78, 5) is 33.1. The van der Waals surface area contributed by atoms with Gasteiger partial charge in [-0.3, -0.25) is 24.8 Å². The van der Waals surface area contributed by atoms with Crippen molar-refractivity contribution >= 4 is 33.5 Å². The molecule has 0 spiro atoms.